The Morgan fingerprint density at radius 2 is 2.05 bits per heavy atom. The van der Waals surface area contributed by atoms with E-state index < -0.39 is 6.10 Å². The molecule has 2 aliphatic heterocycles. The maximum absolute atomic E-state index is 12.7. The van der Waals surface area contributed by atoms with E-state index in [0.717, 1.165) is 24.1 Å². The van der Waals surface area contributed by atoms with Crippen molar-refractivity contribution in [3.8, 4) is 11.5 Å². The summed E-state index contributed by atoms with van der Waals surface area (Å²) in [6, 6.07) is 12.3. The zero-order chi connectivity index (χ0) is 26.9. The first kappa shape index (κ1) is 27.4. The van der Waals surface area contributed by atoms with Crippen LogP contribution in [0.1, 0.15) is 31.2 Å². The summed E-state index contributed by atoms with van der Waals surface area (Å²) in [5.41, 5.74) is 4.51. The molecule has 38 heavy (non-hydrogen) atoms. The quantitative estimate of drug-likeness (QED) is 0.400. The average Bonchev–Trinajstić information content (AvgIpc) is 2.95. The Labute approximate surface area is 226 Å². The molecule has 0 aliphatic carbocycles. The number of ether oxygens (including phenoxy) is 2. The van der Waals surface area contributed by atoms with Crippen LogP contribution in [0, 0.1) is 6.57 Å². The van der Waals surface area contributed by atoms with Gasteiger partial charge in [-0.2, -0.15) is 5.10 Å². The number of likely N-dealkylation sites (tertiary alicyclic amines) is 1. The lowest BCUT2D eigenvalue weighted by atomic mass is 10.0. The van der Waals surface area contributed by atoms with Gasteiger partial charge in [0.05, 0.1) is 17.3 Å². The van der Waals surface area contributed by atoms with E-state index >= 15 is 0 Å². The molecule has 0 saturated carbocycles. The van der Waals surface area contributed by atoms with Crippen molar-refractivity contribution in [2.45, 2.75) is 37.8 Å². The van der Waals surface area contributed by atoms with Crippen molar-refractivity contribution in [2.24, 2.45) is 5.10 Å². The van der Waals surface area contributed by atoms with Gasteiger partial charge in [0.25, 0.3) is 5.91 Å². The molecule has 0 radical (unpaired) electrons. The molecule has 2 amide bonds. The highest BCUT2D eigenvalue weighted by molar-refractivity contribution is 6.32. The second-order valence-corrected chi connectivity index (χ2v) is 9.57. The van der Waals surface area contributed by atoms with Gasteiger partial charge < -0.3 is 24.8 Å². The van der Waals surface area contributed by atoms with Gasteiger partial charge in [0.1, 0.15) is 24.2 Å². The third kappa shape index (κ3) is 7.68. The third-order valence-electron chi connectivity index (χ3n) is 6.40. The van der Waals surface area contributed by atoms with E-state index in [2.05, 4.69) is 20.7 Å². The van der Waals surface area contributed by atoms with E-state index in [0.29, 0.717) is 54.7 Å². The molecule has 11 heteroatoms. The fourth-order valence-corrected chi connectivity index (χ4v) is 4.48. The van der Waals surface area contributed by atoms with Gasteiger partial charge in [-0.25, -0.2) is 10.3 Å². The second kappa shape index (κ2) is 13.2. The molecule has 0 spiro atoms. The van der Waals surface area contributed by atoms with Crippen LogP contribution in [0.5, 0.6) is 11.5 Å². The predicted octanol–water partition coefficient (Wildman–Crippen LogP) is 2.90. The summed E-state index contributed by atoms with van der Waals surface area (Å²) in [6.45, 7) is 8.62. The Balaban J connectivity index is 1.15. The Kier molecular flexibility index (Phi) is 9.54. The second-order valence-electron chi connectivity index (χ2n) is 9.16. The molecular weight excluding hydrogens is 510 g/mol. The van der Waals surface area contributed by atoms with Crippen molar-refractivity contribution >= 4 is 34.8 Å². The highest BCUT2D eigenvalue weighted by Crippen LogP contribution is 2.27. The van der Waals surface area contributed by atoms with Crippen LogP contribution in [0.3, 0.4) is 0 Å². The molecular formula is C27H30ClN5O5. The number of aliphatic hydroxyl groups is 1. The molecule has 1 atom stereocenters. The Morgan fingerprint density at radius 3 is 2.76 bits per heavy atom. The van der Waals surface area contributed by atoms with Gasteiger partial charge in [0, 0.05) is 38.5 Å². The number of rotatable bonds is 10. The lowest BCUT2D eigenvalue weighted by molar-refractivity contribution is -0.134. The maximum atomic E-state index is 12.7. The van der Waals surface area contributed by atoms with E-state index in [-0.39, 0.29) is 31.1 Å². The molecule has 3 N–H and O–H groups in total. The maximum Gasteiger partial charge on any atom is 0.260 e. The molecule has 0 aromatic heterocycles. The van der Waals surface area contributed by atoms with E-state index in [1.165, 1.54) is 0 Å². The van der Waals surface area contributed by atoms with Gasteiger partial charge in [0.2, 0.25) is 5.91 Å². The smallest absolute Gasteiger partial charge is 0.260 e. The van der Waals surface area contributed by atoms with Crippen LogP contribution in [0.25, 0.3) is 4.85 Å². The van der Waals surface area contributed by atoms with Crippen molar-refractivity contribution in [3.05, 3.63) is 64.5 Å². The Hall–Kier alpha value is -3.65. The minimum absolute atomic E-state index is 0.110. The molecule has 1 fully saturated rings. The number of halogens is 1. The monoisotopic (exact) mass is 539 g/mol. The molecule has 2 aliphatic rings. The van der Waals surface area contributed by atoms with Crippen LogP contribution in [0.4, 0.5) is 5.69 Å². The topological polar surface area (TPSA) is 117 Å². The number of hydrazone groups is 1. The summed E-state index contributed by atoms with van der Waals surface area (Å²) in [7, 11) is 0. The van der Waals surface area contributed by atoms with Gasteiger partial charge in [-0.15, -0.1) is 0 Å². The Bertz CT molecular complexity index is 1220. The molecule has 0 bridgehead atoms. The van der Waals surface area contributed by atoms with E-state index in [1.807, 2.05) is 6.07 Å². The van der Waals surface area contributed by atoms with Crippen molar-refractivity contribution in [1.29, 1.82) is 0 Å². The highest BCUT2D eigenvalue weighted by Gasteiger charge is 2.24. The average molecular weight is 540 g/mol. The van der Waals surface area contributed by atoms with Gasteiger partial charge >= 0.3 is 0 Å². The largest absolute Gasteiger partial charge is 0.492 e. The standard InChI is InChI=1S/C27H30ClN5O5/c1-29-20-3-2-4-22(14-20)37-16-21(34)15-30-19-9-11-33(12-10-19)27(36)17-38-25-7-5-18(13-23(25)28)24-6-8-26(35)32-31-24/h2-5,7,13-14,19,21,30,34H,6,8-12,15-17H2,(H,32,35)/t21-/m0/s1. The van der Waals surface area contributed by atoms with Gasteiger partial charge in [-0.1, -0.05) is 23.7 Å². The SMILES string of the molecule is [C-]#[N+]c1cccc(OC[C@@H](O)CNC2CCN(C(=O)COc3ccc(C4=NNC(=O)CC4)cc3Cl)CC2)c1. The molecule has 2 aromatic carbocycles. The molecule has 0 unspecified atom stereocenters. The van der Waals surface area contributed by atoms with Crippen molar-refractivity contribution in [1.82, 2.24) is 15.6 Å². The van der Waals surface area contributed by atoms with E-state index in [1.54, 1.807) is 41.3 Å². The van der Waals surface area contributed by atoms with E-state index in [4.69, 9.17) is 27.6 Å². The van der Waals surface area contributed by atoms with Crippen LogP contribution in [-0.2, 0) is 9.59 Å². The molecule has 10 nitrogen and oxygen atoms in total. The number of nitrogens with one attached hydrogen (secondary N) is 2. The van der Waals surface area contributed by atoms with Crippen molar-refractivity contribution in [3.63, 3.8) is 0 Å². The number of benzene rings is 2. The lowest BCUT2D eigenvalue weighted by Crippen LogP contribution is -2.48. The summed E-state index contributed by atoms with van der Waals surface area (Å²) in [6.07, 6.45) is 1.75. The van der Waals surface area contributed by atoms with Crippen LogP contribution < -0.4 is 20.2 Å². The first-order chi connectivity index (χ1) is 18.4. The number of hydrogen-bond donors (Lipinski definition) is 3. The number of aliphatic hydroxyl groups excluding tert-OH is 1. The predicted molar refractivity (Wildman–Crippen MR) is 143 cm³/mol. The normalized spacial score (nSPS) is 16.7. The number of carbonyl (C=O) groups excluding carboxylic acids is 2. The van der Waals surface area contributed by atoms with Crippen LogP contribution in [0.15, 0.2) is 47.6 Å². The summed E-state index contributed by atoms with van der Waals surface area (Å²) in [4.78, 5) is 29.1. The minimum atomic E-state index is -0.695. The molecule has 1 saturated heterocycles. The fourth-order valence-electron chi connectivity index (χ4n) is 4.24. The van der Waals surface area contributed by atoms with Crippen molar-refractivity contribution < 1.29 is 24.2 Å². The fraction of sp³-hybridized carbons (Fsp3) is 0.407. The molecule has 200 valence electrons. The van der Waals surface area contributed by atoms with Crippen LogP contribution in [-0.4, -0.2) is 72.5 Å². The number of carbonyl (C=O) groups is 2. The summed E-state index contributed by atoms with van der Waals surface area (Å²) < 4.78 is 11.3. The van der Waals surface area contributed by atoms with Crippen LogP contribution in [0.2, 0.25) is 5.02 Å². The molecule has 2 heterocycles. The van der Waals surface area contributed by atoms with Gasteiger partial charge in [-0.3, -0.25) is 9.59 Å². The number of nitrogens with zero attached hydrogens (tertiary/aromatic N) is 3. The first-order valence-corrected chi connectivity index (χ1v) is 12.9. The minimum Gasteiger partial charge on any atom is -0.492 e. The number of amides is 2. The summed E-state index contributed by atoms with van der Waals surface area (Å²) in [5, 5.41) is 18.0. The number of hydrogen-bond acceptors (Lipinski definition) is 7. The highest BCUT2D eigenvalue weighted by atomic mass is 35.5. The number of piperidine rings is 1. The van der Waals surface area contributed by atoms with E-state index in [9.17, 15) is 14.7 Å². The van der Waals surface area contributed by atoms with Gasteiger partial charge in [-0.05, 0) is 48.7 Å². The van der Waals surface area contributed by atoms with Crippen molar-refractivity contribution in [2.75, 3.05) is 32.8 Å². The first-order valence-electron chi connectivity index (χ1n) is 12.5. The zero-order valence-corrected chi connectivity index (χ0v) is 21.6. The van der Waals surface area contributed by atoms with Gasteiger partial charge in [0.15, 0.2) is 12.3 Å². The third-order valence-corrected chi connectivity index (χ3v) is 6.69. The summed E-state index contributed by atoms with van der Waals surface area (Å²) >= 11 is 6.36. The summed E-state index contributed by atoms with van der Waals surface area (Å²) in [5.74, 6) is 0.745. The zero-order valence-electron chi connectivity index (χ0n) is 20.9. The van der Waals surface area contributed by atoms with Crippen LogP contribution >= 0.6 is 11.6 Å². The lowest BCUT2D eigenvalue weighted by Gasteiger charge is -2.33. The molecule has 2 aromatic rings. The molecule has 4 rings (SSSR count). The Morgan fingerprint density at radius 1 is 1.24 bits per heavy atom.